The number of rotatable bonds is 7. The SMILES string of the molecule is O=C(Cc1ccc(Cl)cc1)NN=Cc1cc(Br)ccc1OCc1cccc(F)c1. The number of nitrogens with zero attached hydrogens (tertiary/aromatic N) is 1. The van der Waals surface area contributed by atoms with Crippen LogP contribution in [0.15, 0.2) is 76.3 Å². The number of halogens is 3. The van der Waals surface area contributed by atoms with Gasteiger partial charge in [-0.05, 0) is 53.6 Å². The molecule has 3 aromatic rings. The van der Waals surface area contributed by atoms with E-state index in [1.165, 1.54) is 18.3 Å². The average molecular weight is 476 g/mol. The highest BCUT2D eigenvalue weighted by Gasteiger charge is 2.06. The lowest BCUT2D eigenvalue weighted by Crippen LogP contribution is -2.19. The fourth-order valence-corrected chi connectivity index (χ4v) is 3.05. The maximum absolute atomic E-state index is 13.3. The molecule has 7 heteroatoms. The van der Waals surface area contributed by atoms with E-state index >= 15 is 0 Å². The Hall–Kier alpha value is -2.70. The number of hydrogen-bond donors (Lipinski definition) is 1. The third-order valence-electron chi connectivity index (χ3n) is 3.93. The zero-order valence-electron chi connectivity index (χ0n) is 15.2. The summed E-state index contributed by atoms with van der Waals surface area (Å²) in [5.41, 5.74) is 4.72. The average Bonchev–Trinajstić information content (AvgIpc) is 2.69. The summed E-state index contributed by atoms with van der Waals surface area (Å²) >= 11 is 9.25. The van der Waals surface area contributed by atoms with E-state index in [1.807, 2.05) is 12.1 Å². The summed E-state index contributed by atoms with van der Waals surface area (Å²) in [6, 6.07) is 18.7. The van der Waals surface area contributed by atoms with Gasteiger partial charge in [-0.15, -0.1) is 0 Å². The molecule has 29 heavy (non-hydrogen) atoms. The highest BCUT2D eigenvalue weighted by atomic mass is 79.9. The molecule has 0 heterocycles. The van der Waals surface area contributed by atoms with Gasteiger partial charge in [-0.25, -0.2) is 9.82 Å². The summed E-state index contributed by atoms with van der Waals surface area (Å²) in [6.07, 6.45) is 1.70. The van der Waals surface area contributed by atoms with Crippen molar-refractivity contribution in [2.24, 2.45) is 5.10 Å². The monoisotopic (exact) mass is 474 g/mol. The van der Waals surface area contributed by atoms with E-state index in [2.05, 4.69) is 26.5 Å². The van der Waals surface area contributed by atoms with Gasteiger partial charge in [0.25, 0.3) is 0 Å². The van der Waals surface area contributed by atoms with Crippen LogP contribution in [0.4, 0.5) is 4.39 Å². The van der Waals surface area contributed by atoms with Crippen LogP contribution >= 0.6 is 27.5 Å². The summed E-state index contributed by atoms with van der Waals surface area (Å²) in [5.74, 6) is 0.000974. The Balaban J connectivity index is 1.62. The van der Waals surface area contributed by atoms with Crippen molar-refractivity contribution in [1.29, 1.82) is 0 Å². The molecule has 3 rings (SSSR count). The summed E-state index contributed by atoms with van der Waals surface area (Å²) in [4.78, 5) is 12.0. The van der Waals surface area contributed by atoms with E-state index < -0.39 is 0 Å². The van der Waals surface area contributed by atoms with Gasteiger partial charge in [-0.2, -0.15) is 5.10 Å². The molecule has 0 aromatic heterocycles. The van der Waals surface area contributed by atoms with Crippen molar-refractivity contribution in [1.82, 2.24) is 5.43 Å². The molecule has 3 aromatic carbocycles. The van der Waals surface area contributed by atoms with Crippen molar-refractivity contribution in [2.75, 3.05) is 0 Å². The van der Waals surface area contributed by atoms with Crippen LogP contribution in [0.1, 0.15) is 16.7 Å². The van der Waals surface area contributed by atoms with Crippen molar-refractivity contribution >= 4 is 39.7 Å². The van der Waals surface area contributed by atoms with E-state index in [4.69, 9.17) is 16.3 Å². The number of hydrazone groups is 1. The van der Waals surface area contributed by atoms with Crippen LogP contribution in [0.3, 0.4) is 0 Å². The zero-order valence-corrected chi connectivity index (χ0v) is 17.6. The number of nitrogens with one attached hydrogen (secondary N) is 1. The molecule has 0 aliphatic rings. The molecular formula is C22H17BrClFN2O2. The first-order chi connectivity index (χ1) is 14.0. The number of carbonyl (C=O) groups is 1. The van der Waals surface area contributed by atoms with E-state index in [1.54, 1.807) is 42.5 Å². The van der Waals surface area contributed by atoms with Crippen LogP contribution < -0.4 is 10.2 Å². The highest BCUT2D eigenvalue weighted by molar-refractivity contribution is 9.10. The van der Waals surface area contributed by atoms with Crippen molar-refractivity contribution < 1.29 is 13.9 Å². The van der Waals surface area contributed by atoms with Crippen molar-refractivity contribution in [3.05, 3.63) is 98.7 Å². The molecule has 1 amide bonds. The Morgan fingerprint density at radius 2 is 1.90 bits per heavy atom. The predicted molar refractivity (Wildman–Crippen MR) is 116 cm³/mol. The van der Waals surface area contributed by atoms with Crippen LogP contribution in [-0.2, 0) is 17.8 Å². The lowest BCUT2D eigenvalue weighted by molar-refractivity contribution is -0.120. The number of benzene rings is 3. The van der Waals surface area contributed by atoms with Crippen LogP contribution in [-0.4, -0.2) is 12.1 Å². The third-order valence-corrected chi connectivity index (χ3v) is 4.67. The fourth-order valence-electron chi connectivity index (χ4n) is 2.54. The van der Waals surface area contributed by atoms with E-state index in [0.717, 1.165) is 10.0 Å². The molecule has 0 spiro atoms. The maximum atomic E-state index is 13.3. The van der Waals surface area contributed by atoms with Crippen LogP contribution in [0.2, 0.25) is 5.02 Å². The first-order valence-electron chi connectivity index (χ1n) is 8.73. The lowest BCUT2D eigenvalue weighted by atomic mass is 10.1. The molecule has 0 radical (unpaired) electrons. The molecule has 0 aliphatic carbocycles. The molecule has 0 atom stereocenters. The molecule has 0 saturated carbocycles. The Labute approximate surface area is 181 Å². The van der Waals surface area contributed by atoms with Gasteiger partial charge in [0.15, 0.2) is 0 Å². The van der Waals surface area contributed by atoms with E-state index in [9.17, 15) is 9.18 Å². The molecule has 4 nitrogen and oxygen atoms in total. The fraction of sp³-hybridized carbons (Fsp3) is 0.0909. The molecule has 0 bridgehead atoms. The minimum atomic E-state index is -0.313. The van der Waals surface area contributed by atoms with Gasteiger partial charge in [0.05, 0.1) is 12.6 Å². The molecular weight excluding hydrogens is 459 g/mol. The van der Waals surface area contributed by atoms with Crippen molar-refractivity contribution in [3.63, 3.8) is 0 Å². The van der Waals surface area contributed by atoms with Crippen molar-refractivity contribution in [3.8, 4) is 5.75 Å². The van der Waals surface area contributed by atoms with Gasteiger partial charge in [-0.1, -0.05) is 51.8 Å². The van der Waals surface area contributed by atoms with E-state index in [-0.39, 0.29) is 24.8 Å². The second kappa shape index (κ2) is 10.2. The largest absolute Gasteiger partial charge is 0.488 e. The van der Waals surface area contributed by atoms with Crippen molar-refractivity contribution in [2.45, 2.75) is 13.0 Å². The molecule has 0 unspecified atom stereocenters. The quantitative estimate of drug-likeness (QED) is 0.362. The molecule has 1 N–H and O–H groups in total. The summed E-state index contributed by atoms with van der Waals surface area (Å²) < 4.78 is 19.9. The van der Waals surface area contributed by atoms with Gasteiger partial charge < -0.3 is 4.74 Å². The second-order valence-corrected chi connectivity index (χ2v) is 7.55. The predicted octanol–water partition coefficient (Wildman–Crippen LogP) is 5.51. The molecule has 0 fully saturated rings. The Morgan fingerprint density at radius 1 is 1.10 bits per heavy atom. The summed E-state index contributed by atoms with van der Waals surface area (Å²) in [7, 11) is 0. The normalized spacial score (nSPS) is 10.9. The van der Waals surface area contributed by atoms with Crippen LogP contribution in [0, 0.1) is 5.82 Å². The minimum absolute atomic E-state index is 0.190. The second-order valence-electron chi connectivity index (χ2n) is 6.20. The van der Waals surface area contributed by atoms with Gasteiger partial charge >= 0.3 is 0 Å². The molecule has 148 valence electrons. The Kier molecular flexibility index (Phi) is 7.38. The van der Waals surface area contributed by atoms with Crippen LogP contribution in [0.5, 0.6) is 5.75 Å². The number of hydrogen-bond acceptors (Lipinski definition) is 3. The first-order valence-corrected chi connectivity index (χ1v) is 9.90. The topological polar surface area (TPSA) is 50.7 Å². The Bertz CT molecular complexity index is 1030. The minimum Gasteiger partial charge on any atom is -0.488 e. The molecule has 0 saturated heterocycles. The number of ether oxygens (including phenoxy) is 1. The molecule has 0 aliphatic heterocycles. The van der Waals surface area contributed by atoms with Crippen LogP contribution in [0.25, 0.3) is 0 Å². The zero-order chi connectivity index (χ0) is 20.6. The first kappa shape index (κ1) is 21.0. The smallest absolute Gasteiger partial charge is 0.244 e. The van der Waals surface area contributed by atoms with Gasteiger partial charge in [0.1, 0.15) is 18.2 Å². The summed E-state index contributed by atoms with van der Waals surface area (Å²) in [5, 5.41) is 4.63. The van der Waals surface area contributed by atoms with Gasteiger partial charge in [0, 0.05) is 15.1 Å². The third kappa shape index (κ3) is 6.69. The highest BCUT2D eigenvalue weighted by Crippen LogP contribution is 2.23. The van der Waals surface area contributed by atoms with Gasteiger partial charge in [-0.3, -0.25) is 4.79 Å². The number of carbonyl (C=O) groups excluding carboxylic acids is 1. The van der Waals surface area contributed by atoms with Gasteiger partial charge in [0.2, 0.25) is 5.91 Å². The summed E-state index contributed by atoms with van der Waals surface area (Å²) in [6.45, 7) is 0.211. The lowest BCUT2D eigenvalue weighted by Gasteiger charge is -2.10. The maximum Gasteiger partial charge on any atom is 0.244 e. The standard InChI is InChI=1S/C22H17BrClFN2O2/c23-18-6-9-21(29-14-16-2-1-3-20(25)10-16)17(12-18)13-26-27-22(28)11-15-4-7-19(24)8-5-15/h1-10,12-13H,11,14H2,(H,27,28). The number of amides is 1. The Morgan fingerprint density at radius 3 is 2.66 bits per heavy atom. The van der Waals surface area contributed by atoms with E-state index in [0.29, 0.717) is 21.9 Å².